The number of aliphatic carboxylic acids is 1. The van der Waals surface area contributed by atoms with Crippen LogP contribution in [0.5, 0.6) is 0 Å². The summed E-state index contributed by atoms with van der Waals surface area (Å²) in [6, 6.07) is -0.0336. The van der Waals surface area contributed by atoms with Gasteiger partial charge in [-0.05, 0) is 60.6 Å². The molecule has 1 aliphatic heterocycles. The molecule has 1 aliphatic rings. The molecule has 4 atom stereocenters. The molecule has 23 heteroatoms. The van der Waals surface area contributed by atoms with E-state index in [0.717, 1.165) is 24.3 Å². The van der Waals surface area contributed by atoms with Crippen LogP contribution in [0.15, 0.2) is 47.4 Å². The van der Waals surface area contributed by atoms with E-state index < -0.39 is 128 Å². The number of sulfonamides is 1. The van der Waals surface area contributed by atoms with Crippen molar-refractivity contribution in [2.75, 3.05) is 13.1 Å². The summed E-state index contributed by atoms with van der Waals surface area (Å²) in [6.07, 6.45) is -10.6. The van der Waals surface area contributed by atoms with Crippen LogP contribution in [-0.4, -0.2) is 91.2 Å². The average molecular weight is 885 g/mol. The van der Waals surface area contributed by atoms with Gasteiger partial charge in [0.1, 0.15) is 18.1 Å². The summed E-state index contributed by atoms with van der Waals surface area (Å²) >= 11 is 5.53. The third-order valence-electron chi connectivity index (χ3n) is 9.12. The number of carboxylic acid groups (broad SMARTS) is 1. The van der Waals surface area contributed by atoms with Crippen molar-refractivity contribution in [3.8, 4) is 0 Å². The Morgan fingerprint density at radius 1 is 0.915 bits per heavy atom. The molecule has 0 spiro atoms. The fraction of sp³-hybridized carbons (Fsp3) is 0.500. The highest BCUT2D eigenvalue weighted by Gasteiger charge is 2.41. The number of carboxylic acids is 1. The molecule has 0 bridgehead atoms. The Bertz CT molecular complexity index is 2010. The van der Waals surface area contributed by atoms with Crippen molar-refractivity contribution in [1.82, 2.24) is 25.6 Å². The second-order valence-corrected chi connectivity index (χ2v) is 16.9. The summed E-state index contributed by atoms with van der Waals surface area (Å²) in [6.45, 7) is 4.38. The molecule has 0 radical (unpaired) electrons. The van der Waals surface area contributed by atoms with E-state index >= 15 is 0 Å². The number of nitrogens with two attached hydrogens (primary N) is 1. The van der Waals surface area contributed by atoms with Crippen LogP contribution >= 0.6 is 11.6 Å². The molecule has 59 heavy (non-hydrogen) atoms. The van der Waals surface area contributed by atoms with Gasteiger partial charge in [0.25, 0.3) is 0 Å². The first-order valence-electron chi connectivity index (χ1n) is 17.8. The van der Waals surface area contributed by atoms with Crippen LogP contribution in [0.1, 0.15) is 69.6 Å². The molecule has 0 saturated carbocycles. The van der Waals surface area contributed by atoms with Gasteiger partial charge in [0.05, 0.1) is 27.6 Å². The van der Waals surface area contributed by atoms with Crippen molar-refractivity contribution >= 4 is 57.1 Å². The second kappa shape index (κ2) is 19.4. The summed E-state index contributed by atoms with van der Waals surface area (Å²) in [5.41, 5.74) is 2.11. The Morgan fingerprint density at radius 3 is 2.08 bits per heavy atom. The lowest BCUT2D eigenvalue weighted by atomic mass is 9.85. The normalized spacial score (nSPS) is 16.4. The minimum atomic E-state index is -5.04. The lowest BCUT2D eigenvalue weighted by Gasteiger charge is -2.36. The molecule has 326 valence electrons. The maximum Gasteiger partial charge on any atom is 0.417 e. The molecule has 2 aromatic rings. The number of amides is 5. The Labute approximate surface area is 339 Å². The molecule has 15 nitrogen and oxygen atoms in total. The fourth-order valence-electron chi connectivity index (χ4n) is 6.07. The molecular formula is C36H43ClF6N6O9S. The minimum absolute atomic E-state index is 0.114. The number of nitrogens with zero attached hydrogens (tertiary/aromatic N) is 1. The molecular weight excluding hydrogens is 842 g/mol. The van der Waals surface area contributed by atoms with E-state index in [-0.39, 0.29) is 31.0 Å². The maximum atomic E-state index is 13.8. The van der Waals surface area contributed by atoms with Gasteiger partial charge in [0, 0.05) is 31.8 Å². The first-order valence-corrected chi connectivity index (χ1v) is 19.7. The number of likely N-dealkylation sites (tertiary alicyclic amines) is 1. The highest BCUT2D eigenvalue weighted by atomic mass is 35.5. The number of carbonyl (C=O) groups is 6. The number of hydrogen-bond donors (Lipinski definition) is 6. The molecule has 3 rings (SSSR count). The zero-order valence-electron chi connectivity index (χ0n) is 31.8. The van der Waals surface area contributed by atoms with Gasteiger partial charge in [0.15, 0.2) is 0 Å². The third kappa shape index (κ3) is 14.1. The summed E-state index contributed by atoms with van der Waals surface area (Å²) in [5, 5.41) is 15.9. The number of primary amides is 1. The average Bonchev–Trinajstić information content (AvgIpc) is 3.57. The highest BCUT2D eigenvalue weighted by Crippen LogP contribution is 2.36. The van der Waals surface area contributed by atoms with Crippen LogP contribution in [0.2, 0.25) is 5.02 Å². The van der Waals surface area contributed by atoms with E-state index in [2.05, 4.69) is 16.0 Å². The van der Waals surface area contributed by atoms with Crippen LogP contribution in [-0.2, 0) is 57.6 Å². The molecule has 2 aromatic carbocycles. The first-order chi connectivity index (χ1) is 27.1. The van der Waals surface area contributed by atoms with Crippen molar-refractivity contribution in [2.24, 2.45) is 11.1 Å². The van der Waals surface area contributed by atoms with Crippen molar-refractivity contribution < 1.29 is 68.6 Å². The first kappa shape index (κ1) is 48.4. The standard InChI is InChI=1S/C36H43ClF6N6O9S/c1-34(2,3)30(32(54)49-14-4-5-21(49)16-27(44)50)47-31(53)26(15-19-6-8-20(9-7-19)35(38,39)40)46-29(52)18-45-28(51)13-12-25(33(55)56)48-59(57,58)22-10-11-24(37)23(17-22)36(41,42)43/h6-11,17,21,25-26,30,48H,4-5,12-16,18H2,1-3H3,(H2,44,50)(H,45,51)(H,46,52)(H,47,53)(H,55,56)/t21-,25-,26-,30+/m0/s1. The number of carbonyl (C=O) groups excluding carboxylic acids is 5. The zero-order valence-corrected chi connectivity index (χ0v) is 33.4. The summed E-state index contributed by atoms with van der Waals surface area (Å²) < 4.78 is 107. The second-order valence-electron chi connectivity index (χ2n) is 14.8. The minimum Gasteiger partial charge on any atom is -0.480 e. The number of benzene rings is 2. The molecule has 1 heterocycles. The van der Waals surface area contributed by atoms with E-state index in [1.165, 1.54) is 4.90 Å². The van der Waals surface area contributed by atoms with E-state index in [4.69, 9.17) is 17.3 Å². The van der Waals surface area contributed by atoms with Crippen LogP contribution in [0.4, 0.5) is 26.3 Å². The van der Waals surface area contributed by atoms with Crippen molar-refractivity contribution in [1.29, 1.82) is 0 Å². The molecule has 0 aromatic heterocycles. The number of halogens is 7. The summed E-state index contributed by atoms with van der Waals surface area (Å²) in [7, 11) is -4.89. The van der Waals surface area contributed by atoms with Gasteiger partial charge in [-0.25, -0.2) is 8.42 Å². The van der Waals surface area contributed by atoms with Gasteiger partial charge in [-0.15, -0.1) is 0 Å². The number of alkyl halides is 6. The topological polar surface area (TPSA) is 234 Å². The van der Waals surface area contributed by atoms with Crippen LogP contribution in [0.25, 0.3) is 0 Å². The number of hydrogen-bond acceptors (Lipinski definition) is 8. The van der Waals surface area contributed by atoms with E-state index in [1.807, 2.05) is 0 Å². The van der Waals surface area contributed by atoms with Crippen molar-refractivity contribution in [3.05, 3.63) is 64.2 Å². The van der Waals surface area contributed by atoms with Gasteiger partial charge in [-0.3, -0.25) is 28.8 Å². The van der Waals surface area contributed by atoms with Gasteiger partial charge in [-0.2, -0.15) is 31.1 Å². The quantitative estimate of drug-likeness (QED) is 0.128. The lowest BCUT2D eigenvalue weighted by Crippen LogP contribution is -2.60. The van der Waals surface area contributed by atoms with E-state index in [9.17, 15) is 68.6 Å². The predicted octanol–water partition coefficient (Wildman–Crippen LogP) is 3.13. The fourth-order valence-corrected chi connectivity index (χ4v) is 7.54. The third-order valence-corrected chi connectivity index (χ3v) is 10.9. The van der Waals surface area contributed by atoms with Gasteiger partial charge in [0.2, 0.25) is 39.6 Å². The maximum absolute atomic E-state index is 13.8. The van der Waals surface area contributed by atoms with Gasteiger partial charge < -0.3 is 31.7 Å². The SMILES string of the molecule is CC(C)(C)[C@H](NC(=O)[C@H](Cc1ccc(C(F)(F)F)cc1)NC(=O)CNC(=O)CC[C@H](NS(=O)(=O)c1ccc(Cl)c(C(F)(F)F)c1)C(=O)O)C(=O)N1CCC[C@H]1CC(N)=O. The Hall–Kier alpha value is -4.96. The smallest absolute Gasteiger partial charge is 0.417 e. The summed E-state index contributed by atoms with van der Waals surface area (Å²) in [5.74, 6) is -5.89. The van der Waals surface area contributed by atoms with Gasteiger partial charge >= 0.3 is 18.3 Å². The molecule has 1 fully saturated rings. The van der Waals surface area contributed by atoms with Gasteiger partial charge in [-0.1, -0.05) is 44.5 Å². The van der Waals surface area contributed by atoms with Crippen LogP contribution in [0, 0.1) is 5.41 Å². The molecule has 1 saturated heterocycles. The Morgan fingerprint density at radius 2 is 1.54 bits per heavy atom. The largest absolute Gasteiger partial charge is 0.480 e. The lowest BCUT2D eigenvalue weighted by molar-refractivity contribution is -0.141. The van der Waals surface area contributed by atoms with Crippen LogP contribution in [0.3, 0.4) is 0 Å². The Balaban J connectivity index is 1.74. The van der Waals surface area contributed by atoms with Crippen molar-refractivity contribution in [2.45, 2.75) is 101 Å². The summed E-state index contributed by atoms with van der Waals surface area (Å²) in [4.78, 5) is 77.3. The monoisotopic (exact) mass is 884 g/mol. The molecule has 0 unspecified atom stereocenters. The zero-order chi connectivity index (χ0) is 44.7. The molecule has 5 amide bonds. The molecule has 7 N–H and O–H groups in total. The Kier molecular flexibility index (Phi) is 15.9. The number of nitrogens with one attached hydrogen (secondary N) is 4. The molecule has 0 aliphatic carbocycles. The predicted molar refractivity (Wildman–Crippen MR) is 197 cm³/mol. The van der Waals surface area contributed by atoms with Crippen molar-refractivity contribution in [3.63, 3.8) is 0 Å². The van der Waals surface area contributed by atoms with E-state index in [0.29, 0.717) is 25.0 Å². The number of rotatable bonds is 17. The van der Waals surface area contributed by atoms with Crippen LogP contribution < -0.4 is 26.4 Å². The highest BCUT2D eigenvalue weighted by molar-refractivity contribution is 7.89. The van der Waals surface area contributed by atoms with E-state index in [1.54, 1.807) is 25.5 Å².